The van der Waals surface area contributed by atoms with Crippen molar-refractivity contribution in [1.29, 1.82) is 0 Å². The zero-order valence-corrected chi connectivity index (χ0v) is 14.6. The van der Waals surface area contributed by atoms with Crippen LogP contribution in [0, 0.1) is 11.3 Å². The molecular weight excluding hydrogens is 386 g/mol. The Hall–Kier alpha value is -1.48. The number of hydrogen-bond acceptors (Lipinski definition) is 2. The molecular formula is C16H19ClF6N2O. The van der Waals surface area contributed by atoms with Gasteiger partial charge < -0.3 is 10.6 Å². The van der Waals surface area contributed by atoms with Gasteiger partial charge in [-0.3, -0.25) is 4.79 Å². The summed E-state index contributed by atoms with van der Waals surface area (Å²) in [6.07, 6.45) is -12.2. The molecule has 0 aromatic heterocycles. The van der Waals surface area contributed by atoms with Crippen molar-refractivity contribution in [3.05, 3.63) is 35.9 Å². The Labute approximate surface area is 152 Å². The Balaban J connectivity index is 0.00000338. The summed E-state index contributed by atoms with van der Waals surface area (Å²) in [5.41, 5.74) is 2.66. The lowest BCUT2D eigenvalue weighted by Gasteiger charge is -2.34. The van der Waals surface area contributed by atoms with Crippen LogP contribution in [0.4, 0.5) is 26.3 Å². The monoisotopic (exact) mass is 404 g/mol. The van der Waals surface area contributed by atoms with Crippen molar-refractivity contribution in [3.63, 3.8) is 0 Å². The number of likely N-dealkylation sites (tertiary alicyclic amines) is 1. The smallest absolute Gasteiger partial charge is 0.341 e. The number of carbonyl (C=O) groups is 1. The molecule has 0 spiro atoms. The maximum Gasteiger partial charge on any atom is 0.404 e. The van der Waals surface area contributed by atoms with Gasteiger partial charge in [0.15, 0.2) is 5.41 Å². The molecule has 2 atom stereocenters. The summed E-state index contributed by atoms with van der Waals surface area (Å²) in [5, 5.41) is 0. The van der Waals surface area contributed by atoms with Gasteiger partial charge in [0.2, 0.25) is 5.91 Å². The van der Waals surface area contributed by atoms with E-state index in [4.69, 9.17) is 5.73 Å². The van der Waals surface area contributed by atoms with Crippen LogP contribution in [0.3, 0.4) is 0 Å². The molecule has 1 aliphatic heterocycles. The first kappa shape index (κ1) is 22.6. The third-order valence-corrected chi connectivity index (χ3v) is 4.78. The second-order valence-electron chi connectivity index (χ2n) is 6.31. The largest absolute Gasteiger partial charge is 0.404 e. The van der Waals surface area contributed by atoms with Crippen molar-refractivity contribution in [1.82, 2.24) is 4.90 Å². The molecule has 1 aromatic carbocycles. The lowest BCUT2D eigenvalue weighted by atomic mass is 9.85. The molecule has 148 valence electrons. The van der Waals surface area contributed by atoms with E-state index in [1.54, 1.807) is 30.3 Å². The highest BCUT2D eigenvalue weighted by Gasteiger charge is 2.73. The first-order valence-electron chi connectivity index (χ1n) is 7.63. The number of amides is 1. The van der Waals surface area contributed by atoms with Gasteiger partial charge in [-0.1, -0.05) is 37.3 Å². The number of carbonyl (C=O) groups excluding carboxylic acids is 1. The number of benzene rings is 1. The Morgan fingerprint density at radius 1 is 1.12 bits per heavy atom. The van der Waals surface area contributed by atoms with Crippen molar-refractivity contribution in [2.45, 2.75) is 31.7 Å². The van der Waals surface area contributed by atoms with E-state index in [0.717, 1.165) is 0 Å². The SMILES string of the molecule is CC(C(=O)N1CCC(C(F)(F)F)(C(F)(F)F)C1)C(N)c1ccccc1.Cl. The first-order valence-corrected chi connectivity index (χ1v) is 7.63. The number of nitrogens with two attached hydrogens (primary N) is 1. The lowest BCUT2D eigenvalue weighted by Crippen LogP contribution is -2.52. The van der Waals surface area contributed by atoms with E-state index in [9.17, 15) is 31.1 Å². The second kappa shape index (κ2) is 7.64. The standard InChI is InChI=1S/C16H18F6N2O.ClH/c1-10(12(23)11-5-3-2-4-6-11)13(25)24-8-7-14(9-24,15(17,18)19)16(20,21)22;/h2-6,10,12H,7-9,23H2,1H3;1H. The van der Waals surface area contributed by atoms with Gasteiger partial charge in [0.1, 0.15) is 0 Å². The number of alkyl halides is 6. The van der Waals surface area contributed by atoms with Crippen LogP contribution in [-0.2, 0) is 4.79 Å². The number of hydrogen-bond donors (Lipinski definition) is 1. The molecule has 1 saturated heterocycles. The molecule has 1 aromatic rings. The molecule has 0 saturated carbocycles. The van der Waals surface area contributed by atoms with E-state index >= 15 is 0 Å². The molecule has 1 amide bonds. The highest BCUT2D eigenvalue weighted by molar-refractivity contribution is 5.85. The molecule has 2 unspecified atom stereocenters. The molecule has 1 heterocycles. The number of halogens is 7. The van der Waals surface area contributed by atoms with Crippen molar-refractivity contribution >= 4 is 18.3 Å². The molecule has 1 aliphatic rings. The van der Waals surface area contributed by atoms with Crippen molar-refractivity contribution in [2.24, 2.45) is 17.1 Å². The molecule has 0 radical (unpaired) electrons. The molecule has 10 heteroatoms. The molecule has 2 N–H and O–H groups in total. The normalized spacial score (nSPS) is 19.6. The maximum absolute atomic E-state index is 13.1. The van der Waals surface area contributed by atoms with Crippen molar-refractivity contribution in [2.75, 3.05) is 13.1 Å². The van der Waals surface area contributed by atoms with E-state index < -0.39 is 55.1 Å². The molecule has 0 bridgehead atoms. The van der Waals surface area contributed by atoms with Gasteiger partial charge in [-0.05, 0) is 12.0 Å². The third-order valence-electron chi connectivity index (χ3n) is 4.78. The summed E-state index contributed by atoms with van der Waals surface area (Å²) in [7, 11) is 0. The molecule has 1 fully saturated rings. The molecule has 2 rings (SSSR count). The van der Waals surface area contributed by atoms with Crippen molar-refractivity contribution < 1.29 is 31.1 Å². The highest BCUT2D eigenvalue weighted by atomic mass is 35.5. The Kier molecular flexibility index (Phi) is 6.63. The topological polar surface area (TPSA) is 46.3 Å². The fourth-order valence-electron chi connectivity index (χ4n) is 3.03. The predicted octanol–water partition coefficient (Wildman–Crippen LogP) is 4.09. The van der Waals surface area contributed by atoms with Crippen LogP contribution >= 0.6 is 12.4 Å². The third kappa shape index (κ3) is 3.93. The van der Waals surface area contributed by atoms with E-state index in [1.165, 1.54) is 6.92 Å². The Bertz CT molecular complexity index is 605. The van der Waals surface area contributed by atoms with E-state index in [2.05, 4.69) is 0 Å². The Morgan fingerprint density at radius 3 is 2.04 bits per heavy atom. The second-order valence-corrected chi connectivity index (χ2v) is 6.31. The van der Waals surface area contributed by atoms with E-state index in [-0.39, 0.29) is 12.4 Å². The minimum Gasteiger partial charge on any atom is -0.341 e. The minimum atomic E-state index is -5.48. The maximum atomic E-state index is 13.1. The number of nitrogens with zero attached hydrogens (tertiary/aromatic N) is 1. The summed E-state index contributed by atoms with van der Waals surface area (Å²) in [5.74, 6) is -1.76. The average molecular weight is 405 g/mol. The van der Waals surface area contributed by atoms with Crippen LogP contribution in [0.15, 0.2) is 30.3 Å². The van der Waals surface area contributed by atoms with Gasteiger partial charge in [-0.15, -0.1) is 12.4 Å². The number of rotatable bonds is 3. The van der Waals surface area contributed by atoms with Crippen LogP contribution < -0.4 is 5.73 Å². The van der Waals surface area contributed by atoms with Crippen LogP contribution in [0.1, 0.15) is 24.9 Å². The van der Waals surface area contributed by atoms with Crippen LogP contribution in [0.25, 0.3) is 0 Å². The lowest BCUT2D eigenvalue weighted by molar-refractivity contribution is -0.334. The van der Waals surface area contributed by atoms with E-state index in [1.807, 2.05) is 0 Å². The van der Waals surface area contributed by atoms with Crippen LogP contribution in [0.5, 0.6) is 0 Å². The van der Waals surface area contributed by atoms with Gasteiger partial charge in [0.05, 0.1) is 5.92 Å². The van der Waals surface area contributed by atoms with Crippen LogP contribution in [0.2, 0.25) is 0 Å². The molecule has 3 nitrogen and oxygen atoms in total. The van der Waals surface area contributed by atoms with Gasteiger partial charge in [-0.2, -0.15) is 26.3 Å². The summed E-state index contributed by atoms with van der Waals surface area (Å²) in [4.78, 5) is 13.0. The molecule has 0 aliphatic carbocycles. The quantitative estimate of drug-likeness (QED) is 0.771. The highest BCUT2D eigenvalue weighted by Crippen LogP contribution is 2.55. The van der Waals surface area contributed by atoms with Crippen LogP contribution in [-0.4, -0.2) is 36.2 Å². The van der Waals surface area contributed by atoms with Gasteiger partial charge in [-0.25, -0.2) is 0 Å². The fourth-order valence-corrected chi connectivity index (χ4v) is 3.03. The van der Waals surface area contributed by atoms with Gasteiger partial charge >= 0.3 is 12.4 Å². The van der Waals surface area contributed by atoms with Gasteiger partial charge in [0, 0.05) is 19.1 Å². The van der Waals surface area contributed by atoms with Gasteiger partial charge in [0.25, 0.3) is 0 Å². The first-order chi connectivity index (χ1) is 11.4. The average Bonchev–Trinajstić information content (AvgIpc) is 3.00. The summed E-state index contributed by atoms with van der Waals surface area (Å²) in [6, 6.07) is 7.56. The summed E-state index contributed by atoms with van der Waals surface area (Å²) in [6.45, 7) is -0.629. The zero-order valence-electron chi connectivity index (χ0n) is 13.8. The summed E-state index contributed by atoms with van der Waals surface area (Å²) >= 11 is 0. The Morgan fingerprint density at radius 2 is 1.62 bits per heavy atom. The fraction of sp³-hybridized carbons (Fsp3) is 0.562. The van der Waals surface area contributed by atoms with Crippen molar-refractivity contribution in [3.8, 4) is 0 Å². The zero-order chi connectivity index (χ0) is 19.0. The van der Waals surface area contributed by atoms with E-state index in [0.29, 0.717) is 10.5 Å². The minimum absolute atomic E-state index is 0. The molecule has 26 heavy (non-hydrogen) atoms. The predicted molar refractivity (Wildman–Crippen MR) is 85.5 cm³/mol. The summed E-state index contributed by atoms with van der Waals surface area (Å²) < 4.78 is 78.5.